The van der Waals surface area contributed by atoms with E-state index in [2.05, 4.69) is 0 Å². The summed E-state index contributed by atoms with van der Waals surface area (Å²) in [5.74, 6) is -1.02. The molecule has 1 aliphatic heterocycles. The van der Waals surface area contributed by atoms with Gasteiger partial charge in [-0.15, -0.1) is 0 Å². The third-order valence-corrected chi connectivity index (χ3v) is 8.02. The molecule has 6 heteroatoms. The second kappa shape index (κ2) is 10.2. The molecule has 3 aromatic rings. The van der Waals surface area contributed by atoms with Gasteiger partial charge in [-0.2, -0.15) is 0 Å². The lowest BCUT2D eigenvalue weighted by atomic mass is 9.72. The van der Waals surface area contributed by atoms with Gasteiger partial charge in [0, 0.05) is 31.5 Å². The maximum absolute atomic E-state index is 14.0. The summed E-state index contributed by atoms with van der Waals surface area (Å²) in [7, 11) is 0. The molecule has 1 heterocycles. The number of esters is 1. The molecule has 6 nitrogen and oxygen atoms in total. The monoisotopic (exact) mass is 496 g/mol. The quantitative estimate of drug-likeness (QED) is 0.500. The van der Waals surface area contributed by atoms with Gasteiger partial charge in [-0.3, -0.25) is 14.4 Å². The summed E-state index contributed by atoms with van der Waals surface area (Å²) < 4.78 is 6.17. The van der Waals surface area contributed by atoms with Crippen molar-refractivity contribution in [2.24, 2.45) is 5.73 Å². The van der Waals surface area contributed by atoms with Crippen LogP contribution in [0.25, 0.3) is 0 Å². The molecule has 190 valence electrons. The second-order valence-electron chi connectivity index (χ2n) is 10.1. The van der Waals surface area contributed by atoms with Gasteiger partial charge in [-0.05, 0) is 42.4 Å². The maximum Gasteiger partial charge on any atom is 0.318 e. The highest BCUT2D eigenvalue weighted by Gasteiger charge is 2.53. The SMILES string of the molecule is NC(=O)C1(OC(=O)C2(c3ccccc3)CCN(C(=O)CCc3ccccc3)CC2)CCc2ccccc21. The lowest BCUT2D eigenvalue weighted by Gasteiger charge is -2.42. The number of nitrogens with two attached hydrogens (primary N) is 1. The Kier molecular flexibility index (Phi) is 6.83. The van der Waals surface area contributed by atoms with Crippen LogP contribution in [0, 0.1) is 0 Å². The summed E-state index contributed by atoms with van der Waals surface area (Å²) in [4.78, 5) is 41.7. The van der Waals surface area contributed by atoms with Gasteiger partial charge in [-0.25, -0.2) is 0 Å². The van der Waals surface area contributed by atoms with Crippen LogP contribution in [-0.4, -0.2) is 35.8 Å². The van der Waals surface area contributed by atoms with Gasteiger partial charge >= 0.3 is 5.97 Å². The molecule has 3 aromatic carbocycles. The highest BCUT2D eigenvalue weighted by atomic mass is 16.6. The molecule has 0 saturated carbocycles. The number of aryl methyl sites for hydroxylation is 2. The van der Waals surface area contributed by atoms with E-state index in [-0.39, 0.29) is 5.91 Å². The summed E-state index contributed by atoms with van der Waals surface area (Å²) >= 11 is 0. The summed E-state index contributed by atoms with van der Waals surface area (Å²) in [5, 5.41) is 0. The minimum absolute atomic E-state index is 0.0807. The lowest BCUT2D eigenvalue weighted by molar-refractivity contribution is -0.176. The molecule has 0 radical (unpaired) electrons. The molecule has 1 fully saturated rings. The first kappa shape index (κ1) is 24.8. The minimum atomic E-state index is -1.47. The number of fused-ring (bicyclic) bond motifs is 1. The molecule has 0 bridgehead atoms. The van der Waals surface area contributed by atoms with Gasteiger partial charge in [0.1, 0.15) is 0 Å². The number of piperidine rings is 1. The zero-order chi connectivity index (χ0) is 25.9. The zero-order valence-electron chi connectivity index (χ0n) is 20.9. The molecule has 1 saturated heterocycles. The minimum Gasteiger partial charge on any atom is -0.443 e. The van der Waals surface area contributed by atoms with Crippen molar-refractivity contribution < 1.29 is 19.1 Å². The van der Waals surface area contributed by atoms with Crippen molar-refractivity contribution in [1.29, 1.82) is 0 Å². The average Bonchev–Trinajstić information content (AvgIpc) is 3.32. The first-order chi connectivity index (χ1) is 17.9. The predicted octanol–water partition coefficient (Wildman–Crippen LogP) is 4.05. The maximum atomic E-state index is 14.0. The number of primary amides is 1. The van der Waals surface area contributed by atoms with Crippen LogP contribution in [-0.2, 0) is 43.0 Å². The van der Waals surface area contributed by atoms with Crippen molar-refractivity contribution in [2.45, 2.75) is 49.5 Å². The van der Waals surface area contributed by atoms with Crippen molar-refractivity contribution in [3.05, 3.63) is 107 Å². The number of rotatable bonds is 7. The number of hydrogen-bond donors (Lipinski definition) is 1. The number of benzene rings is 3. The fourth-order valence-corrected chi connectivity index (χ4v) is 5.81. The molecule has 1 unspecified atom stereocenters. The van der Waals surface area contributed by atoms with E-state index < -0.39 is 22.9 Å². The number of likely N-dealkylation sites (tertiary alicyclic amines) is 1. The van der Waals surface area contributed by atoms with Crippen molar-refractivity contribution in [1.82, 2.24) is 4.90 Å². The smallest absolute Gasteiger partial charge is 0.318 e. The van der Waals surface area contributed by atoms with Gasteiger partial charge in [0.15, 0.2) is 0 Å². The highest BCUT2D eigenvalue weighted by Crippen LogP contribution is 2.44. The number of carbonyl (C=O) groups excluding carboxylic acids is 3. The van der Waals surface area contributed by atoms with E-state index in [1.165, 1.54) is 0 Å². The van der Waals surface area contributed by atoms with Crippen molar-refractivity contribution in [3.8, 4) is 0 Å². The highest BCUT2D eigenvalue weighted by molar-refractivity contribution is 5.92. The zero-order valence-corrected chi connectivity index (χ0v) is 20.9. The molecule has 0 aromatic heterocycles. The van der Waals surface area contributed by atoms with Crippen LogP contribution in [0.15, 0.2) is 84.9 Å². The first-order valence-corrected chi connectivity index (χ1v) is 12.9. The van der Waals surface area contributed by atoms with Crippen LogP contribution in [0.3, 0.4) is 0 Å². The Morgan fingerprint density at radius 2 is 1.43 bits per heavy atom. The number of ether oxygens (including phenoxy) is 1. The van der Waals surface area contributed by atoms with Gasteiger partial charge in [-0.1, -0.05) is 84.9 Å². The molecule has 0 spiro atoms. The normalized spacial score (nSPS) is 20.2. The van der Waals surface area contributed by atoms with Gasteiger partial charge in [0.05, 0.1) is 5.41 Å². The van der Waals surface area contributed by atoms with Crippen LogP contribution < -0.4 is 5.73 Å². The van der Waals surface area contributed by atoms with Crippen molar-refractivity contribution >= 4 is 17.8 Å². The van der Waals surface area contributed by atoms with E-state index in [4.69, 9.17) is 10.5 Å². The topological polar surface area (TPSA) is 89.7 Å². The summed E-state index contributed by atoms with van der Waals surface area (Å²) in [6.07, 6.45) is 2.90. The molecule has 2 amide bonds. The van der Waals surface area contributed by atoms with Gasteiger partial charge in [0.2, 0.25) is 11.5 Å². The molecular weight excluding hydrogens is 464 g/mol. The molecule has 1 aliphatic carbocycles. The third kappa shape index (κ3) is 4.64. The van der Waals surface area contributed by atoms with Crippen LogP contribution in [0.4, 0.5) is 0 Å². The van der Waals surface area contributed by atoms with E-state index in [1.54, 1.807) is 0 Å². The third-order valence-electron chi connectivity index (χ3n) is 8.02. The van der Waals surface area contributed by atoms with E-state index in [1.807, 2.05) is 89.8 Å². The van der Waals surface area contributed by atoms with Crippen LogP contribution >= 0.6 is 0 Å². The van der Waals surface area contributed by atoms with E-state index in [0.717, 1.165) is 16.7 Å². The Bertz CT molecular complexity index is 1280. The Morgan fingerprint density at radius 1 is 0.811 bits per heavy atom. The van der Waals surface area contributed by atoms with E-state index >= 15 is 0 Å². The number of amides is 2. The summed E-state index contributed by atoms with van der Waals surface area (Å²) in [6, 6.07) is 27.0. The Balaban J connectivity index is 1.36. The number of nitrogens with zero attached hydrogens (tertiary/aromatic N) is 1. The van der Waals surface area contributed by atoms with E-state index in [0.29, 0.717) is 57.2 Å². The average molecular weight is 497 g/mol. The van der Waals surface area contributed by atoms with Crippen LogP contribution in [0.5, 0.6) is 0 Å². The molecule has 2 aliphatic rings. The summed E-state index contributed by atoms with van der Waals surface area (Å²) in [5.41, 5.74) is 7.06. The molecule has 5 rings (SSSR count). The van der Waals surface area contributed by atoms with Crippen molar-refractivity contribution in [3.63, 3.8) is 0 Å². The molecule has 1 atom stereocenters. The van der Waals surface area contributed by atoms with E-state index in [9.17, 15) is 14.4 Å². The summed E-state index contributed by atoms with van der Waals surface area (Å²) in [6.45, 7) is 0.884. The fourth-order valence-electron chi connectivity index (χ4n) is 5.81. The predicted molar refractivity (Wildman–Crippen MR) is 140 cm³/mol. The second-order valence-corrected chi connectivity index (χ2v) is 10.1. The van der Waals surface area contributed by atoms with Crippen LogP contribution in [0.1, 0.15) is 47.9 Å². The largest absolute Gasteiger partial charge is 0.443 e. The Hall–Kier alpha value is -3.93. The fraction of sp³-hybridized carbons (Fsp3) is 0.323. The van der Waals surface area contributed by atoms with Gasteiger partial charge < -0.3 is 15.4 Å². The number of carbonyl (C=O) groups is 3. The standard InChI is InChI=1S/C31H32N2O4/c32-28(35)31(18-17-24-11-7-8-14-26(24)31)37-29(36)30(25-12-5-2-6-13-25)19-21-33(22-20-30)27(34)16-15-23-9-3-1-4-10-23/h1-14H,15-22H2,(H2,32,35). The molecular formula is C31H32N2O4. The Morgan fingerprint density at radius 3 is 2.11 bits per heavy atom. The van der Waals surface area contributed by atoms with Crippen molar-refractivity contribution in [2.75, 3.05) is 13.1 Å². The van der Waals surface area contributed by atoms with Crippen LogP contribution in [0.2, 0.25) is 0 Å². The lowest BCUT2D eigenvalue weighted by Crippen LogP contribution is -2.53. The van der Waals surface area contributed by atoms with Gasteiger partial charge in [0.25, 0.3) is 5.91 Å². The molecule has 2 N–H and O–H groups in total. The first-order valence-electron chi connectivity index (χ1n) is 12.9. The Labute approximate surface area is 217 Å². The number of hydrogen-bond acceptors (Lipinski definition) is 4. The molecule has 37 heavy (non-hydrogen) atoms.